The SMILES string of the molecule is Cc1ccc(C(N)=O)c(Oc2ccccc2I)n1. The van der Waals surface area contributed by atoms with Gasteiger partial charge in [0.2, 0.25) is 5.88 Å². The lowest BCUT2D eigenvalue weighted by Gasteiger charge is -2.10. The fourth-order valence-electron chi connectivity index (χ4n) is 1.43. The fraction of sp³-hybridized carbons (Fsp3) is 0.0769. The van der Waals surface area contributed by atoms with Crippen molar-refractivity contribution in [3.05, 3.63) is 51.2 Å². The largest absolute Gasteiger partial charge is 0.437 e. The highest BCUT2D eigenvalue weighted by Gasteiger charge is 2.13. The van der Waals surface area contributed by atoms with E-state index in [0.29, 0.717) is 5.75 Å². The molecule has 92 valence electrons. The Morgan fingerprint density at radius 3 is 2.67 bits per heavy atom. The van der Waals surface area contributed by atoms with Crippen molar-refractivity contribution in [2.75, 3.05) is 0 Å². The van der Waals surface area contributed by atoms with E-state index in [1.807, 2.05) is 31.2 Å². The highest BCUT2D eigenvalue weighted by molar-refractivity contribution is 14.1. The Morgan fingerprint density at radius 2 is 2.00 bits per heavy atom. The van der Waals surface area contributed by atoms with Crippen LogP contribution < -0.4 is 10.5 Å². The molecule has 0 bridgehead atoms. The number of rotatable bonds is 3. The van der Waals surface area contributed by atoms with Crippen molar-refractivity contribution in [2.24, 2.45) is 5.73 Å². The van der Waals surface area contributed by atoms with E-state index in [1.165, 1.54) is 0 Å². The van der Waals surface area contributed by atoms with Crippen molar-refractivity contribution < 1.29 is 9.53 Å². The molecular weight excluding hydrogens is 343 g/mol. The molecule has 1 aromatic carbocycles. The molecule has 0 saturated carbocycles. The van der Waals surface area contributed by atoms with Crippen LogP contribution in [0.25, 0.3) is 0 Å². The van der Waals surface area contributed by atoms with Gasteiger partial charge in [0.25, 0.3) is 5.91 Å². The van der Waals surface area contributed by atoms with Gasteiger partial charge in [-0.1, -0.05) is 12.1 Å². The third kappa shape index (κ3) is 2.79. The van der Waals surface area contributed by atoms with Crippen molar-refractivity contribution in [1.29, 1.82) is 0 Å². The van der Waals surface area contributed by atoms with E-state index < -0.39 is 5.91 Å². The van der Waals surface area contributed by atoms with Crippen LogP contribution in [0, 0.1) is 10.5 Å². The molecule has 1 aromatic heterocycles. The van der Waals surface area contributed by atoms with E-state index in [1.54, 1.807) is 12.1 Å². The van der Waals surface area contributed by atoms with E-state index in [2.05, 4.69) is 27.6 Å². The third-order valence-corrected chi connectivity index (χ3v) is 3.20. The van der Waals surface area contributed by atoms with Crippen molar-refractivity contribution in [2.45, 2.75) is 6.92 Å². The molecule has 4 nitrogen and oxygen atoms in total. The second-order valence-corrected chi connectivity index (χ2v) is 4.86. The minimum absolute atomic E-state index is 0.242. The second kappa shape index (κ2) is 5.34. The number of aromatic nitrogens is 1. The zero-order valence-electron chi connectivity index (χ0n) is 9.68. The Labute approximate surface area is 118 Å². The van der Waals surface area contributed by atoms with E-state index in [-0.39, 0.29) is 11.4 Å². The number of ether oxygens (including phenoxy) is 1. The number of nitrogens with two attached hydrogens (primary N) is 1. The van der Waals surface area contributed by atoms with Crippen LogP contribution in [0.2, 0.25) is 0 Å². The Morgan fingerprint density at radius 1 is 1.28 bits per heavy atom. The molecule has 18 heavy (non-hydrogen) atoms. The maximum absolute atomic E-state index is 11.3. The average molecular weight is 354 g/mol. The highest BCUT2D eigenvalue weighted by Crippen LogP contribution is 2.27. The van der Waals surface area contributed by atoms with Crippen LogP contribution in [0.4, 0.5) is 0 Å². The smallest absolute Gasteiger partial charge is 0.254 e. The van der Waals surface area contributed by atoms with Gasteiger partial charge >= 0.3 is 0 Å². The van der Waals surface area contributed by atoms with Crippen LogP contribution in [0.3, 0.4) is 0 Å². The topological polar surface area (TPSA) is 65.2 Å². The van der Waals surface area contributed by atoms with Gasteiger partial charge in [0.1, 0.15) is 11.3 Å². The molecular formula is C13H11IN2O2. The summed E-state index contributed by atoms with van der Waals surface area (Å²) in [4.78, 5) is 15.5. The van der Waals surface area contributed by atoms with Gasteiger partial charge in [0.15, 0.2) is 0 Å². The van der Waals surface area contributed by atoms with E-state index >= 15 is 0 Å². The first-order valence-electron chi connectivity index (χ1n) is 5.28. The Kier molecular flexibility index (Phi) is 3.81. The summed E-state index contributed by atoms with van der Waals surface area (Å²) in [5.74, 6) is 0.341. The van der Waals surface area contributed by atoms with Gasteiger partial charge in [-0.15, -0.1) is 0 Å². The number of primary amides is 1. The first-order chi connectivity index (χ1) is 8.58. The summed E-state index contributed by atoms with van der Waals surface area (Å²) in [7, 11) is 0. The van der Waals surface area contributed by atoms with E-state index in [9.17, 15) is 4.79 Å². The molecule has 0 fully saturated rings. The number of benzene rings is 1. The average Bonchev–Trinajstić information content (AvgIpc) is 2.32. The molecule has 1 amide bonds. The molecule has 0 spiro atoms. The quantitative estimate of drug-likeness (QED) is 0.862. The lowest BCUT2D eigenvalue weighted by atomic mass is 10.2. The monoisotopic (exact) mass is 354 g/mol. The molecule has 5 heteroatoms. The standard InChI is InChI=1S/C13H11IN2O2/c1-8-6-7-9(12(15)17)13(16-8)18-11-5-3-2-4-10(11)14/h2-7H,1H3,(H2,15,17). The van der Waals surface area contributed by atoms with Crippen molar-refractivity contribution >= 4 is 28.5 Å². The van der Waals surface area contributed by atoms with Gasteiger partial charge in [-0.25, -0.2) is 4.98 Å². The Hall–Kier alpha value is -1.63. The van der Waals surface area contributed by atoms with Crippen LogP contribution in [-0.2, 0) is 0 Å². The maximum atomic E-state index is 11.3. The number of hydrogen-bond donors (Lipinski definition) is 1. The van der Waals surface area contributed by atoms with Crippen LogP contribution >= 0.6 is 22.6 Å². The number of nitrogens with zero attached hydrogens (tertiary/aromatic N) is 1. The minimum Gasteiger partial charge on any atom is -0.437 e. The van der Waals surface area contributed by atoms with Crippen molar-refractivity contribution in [3.63, 3.8) is 0 Å². The van der Waals surface area contributed by atoms with Gasteiger partial charge in [-0.2, -0.15) is 0 Å². The third-order valence-electron chi connectivity index (χ3n) is 2.31. The lowest BCUT2D eigenvalue weighted by Crippen LogP contribution is -2.13. The van der Waals surface area contributed by atoms with Crippen LogP contribution in [-0.4, -0.2) is 10.9 Å². The summed E-state index contributed by atoms with van der Waals surface area (Å²) < 4.78 is 6.60. The molecule has 0 aliphatic rings. The first-order valence-corrected chi connectivity index (χ1v) is 6.35. The minimum atomic E-state index is -0.552. The molecule has 0 aliphatic heterocycles. The van der Waals surface area contributed by atoms with E-state index in [4.69, 9.17) is 10.5 Å². The number of halogens is 1. The lowest BCUT2D eigenvalue weighted by molar-refractivity contribution is 0.0997. The number of pyridine rings is 1. The summed E-state index contributed by atoms with van der Waals surface area (Å²) in [6.45, 7) is 1.83. The van der Waals surface area contributed by atoms with Gasteiger partial charge in [-0.3, -0.25) is 4.79 Å². The fourth-order valence-corrected chi connectivity index (χ4v) is 1.93. The number of hydrogen-bond acceptors (Lipinski definition) is 3. The number of aryl methyl sites for hydroxylation is 1. The summed E-state index contributed by atoms with van der Waals surface area (Å²) in [5, 5.41) is 0. The van der Waals surface area contributed by atoms with Crippen LogP contribution in [0.15, 0.2) is 36.4 Å². The van der Waals surface area contributed by atoms with Gasteiger partial charge in [0, 0.05) is 5.69 Å². The predicted octanol–water partition coefficient (Wildman–Crippen LogP) is 2.89. The molecule has 0 aliphatic carbocycles. The van der Waals surface area contributed by atoms with E-state index in [0.717, 1.165) is 9.26 Å². The molecule has 0 unspecified atom stereocenters. The molecule has 2 aromatic rings. The second-order valence-electron chi connectivity index (χ2n) is 3.70. The Bertz CT molecular complexity index is 599. The number of carbonyl (C=O) groups excluding carboxylic acids is 1. The number of para-hydroxylation sites is 1. The summed E-state index contributed by atoms with van der Waals surface area (Å²) in [6.07, 6.45) is 0. The number of carbonyl (C=O) groups is 1. The predicted molar refractivity (Wildman–Crippen MR) is 76.7 cm³/mol. The molecule has 0 atom stereocenters. The zero-order chi connectivity index (χ0) is 13.1. The van der Waals surface area contributed by atoms with Gasteiger partial charge in [0.05, 0.1) is 3.57 Å². The zero-order valence-corrected chi connectivity index (χ0v) is 11.8. The maximum Gasteiger partial charge on any atom is 0.254 e. The van der Waals surface area contributed by atoms with Crippen molar-refractivity contribution in [3.8, 4) is 11.6 Å². The van der Waals surface area contributed by atoms with Crippen molar-refractivity contribution in [1.82, 2.24) is 4.98 Å². The van der Waals surface area contributed by atoms with Crippen LogP contribution in [0.5, 0.6) is 11.6 Å². The first kappa shape index (κ1) is 12.8. The Balaban J connectivity index is 2.42. The van der Waals surface area contributed by atoms with Gasteiger partial charge in [-0.05, 0) is 53.8 Å². The molecule has 1 heterocycles. The number of amides is 1. The molecule has 2 N–H and O–H groups in total. The molecule has 0 radical (unpaired) electrons. The summed E-state index contributed by atoms with van der Waals surface area (Å²) >= 11 is 2.16. The highest BCUT2D eigenvalue weighted by atomic mass is 127. The van der Waals surface area contributed by atoms with Gasteiger partial charge < -0.3 is 10.5 Å². The van der Waals surface area contributed by atoms with Crippen LogP contribution in [0.1, 0.15) is 16.1 Å². The molecule has 2 rings (SSSR count). The summed E-state index contributed by atoms with van der Waals surface area (Å²) in [5.41, 5.74) is 6.34. The summed E-state index contributed by atoms with van der Waals surface area (Å²) in [6, 6.07) is 10.8. The molecule has 0 saturated heterocycles. The normalized spacial score (nSPS) is 10.1.